The van der Waals surface area contributed by atoms with Gasteiger partial charge in [0.1, 0.15) is 5.82 Å². The van der Waals surface area contributed by atoms with Crippen LogP contribution in [0.4, 0.5) is 5.82 Å². The van der Waals surface area contributed by atoms with E-state index in [4.69, 9.17) is 11.6 Å². The van der Waals surface area contributed by atoms with Crippen LogP contribution in [0.15, 0.2) is 54.6 Å². The van der Waals surface area contributed by atoms with Gasteiger partial charge in [-0.1, -0.05) is 41.9 Å². The number of aromatic nitrogens is 1. The van der Waals surface area contributed by atoms with Crippen molar-refractivity contribution < 1.29 is 5.11 Å². The number of fused-ring (bicyclic) bond motifs is 1. The summed E-state index contributed by atoms with van der Waals surface area (Å²) in [5, 5.41) is 24.3. The van der Waals surface area contributed by atoms with Crippen LogP contribution in [0.5, 0.6) is 0 Å². The molecule has 2 atom stereocenters. The lowest BCUT2D eigenvalue weighted by molar-refractivity contribution is 0.158. The fourth-order valence-electron chi connectivity index (χ4n) is 2.73. The number of nitrogens with zero attached hydrogens (tertiary/aromatic N) is 2. The van der Waals surface area contributed by atoms with Crippen LogP contribution in [0.3, 0.4) is 0 Å². The highest BCUT2D eigenvalue weighted by Gasteiger charge is 2.16. The van der Waals surface area contributed by atoms with E-state index in [1.54, 1.807) is 24.3 Å². The summed E-state index contributed by atoms with van der Waals surface area (Å²) in [5.41, 5.74) is 2.26. The molecule has 0 bridgehead atoms. The Morgan fingerprint density at radius 3 is 2.68 bits per heavy atom. The van der Waals surface area contributed by atoms with Gasteiger partial charge < -0.3 is 10.4 Å². The Morgan fingerprint density at radius 2 is 1.96 bits per heavy atom. The standard InChI is InChI=1S/C20H18ClN3O/c1-13(19(25)9-14-5-3-2-4-6-14)23-20-10-15(12-22)17-11-16(21)7-8-18(17)24-20/h2-8,10-11,13,19,25H,9H2,1H3,(H,23,24). The van der Waals surface area contributed by atoms with E-state index in [0.717, 1.165) is 10.9 Å². The predicted molar refractivity (Wildman–Crippen MR) is 101 cm³/mol. The first-order valence-electron chi connectivity index (χ1n) is 8.06. The summed E-state index contributed by atoms with van der Waals surface area (Å²) in [5.74, 6) is 0.561. The van der Waals surface area contributed by atoms with Crippen molar-refractivity contribution in [2.45, 2.75) is 25.5 Å². The third kappa shape index (κ3) is 4.08. The van der Waals surface area contributed by atoms with Crippen LogP contribution in [0.25, 0.3) is 10.9 Å². The first-order valence-corrected chi connectivity index (χ1v) is 8.43. The Bertz CT molecular complexity index is 921. The highest BCUT2D eigenvalue weighted by Crippen LogP contribution is 2.24. The van der Waals surface area contributed by atoms with Gasteiger partial charge in [0.25, 0.3) is 0 Å². The topological polar surface area (TPSA) is 68.9 Å². The normalized spacial score (nSPS) is 13.2. The van der Waals surface area contributed by atoms with Gasteiger partial charge in [0.2, 0.25) is 0 Å². The molecule has 0 spiro atoms. The molecule has 1 aromatic heterocycles. The van der Waals surface area contributed by atoms with Crippen LogP contribution in [-0.4, -0.2) is 22.2 Å². The minimum Gasteiger partial charge on any atom is -0.391 e. The lowest BCUT2D eigenvalue weighted by Crippen LogP contribution is -2.32. The molecule has 3 rings (SSSR count). The van der Waals surface area contributed by atoms with Crippen molar-refractivity contribution in [1.82, 2.24) is 4.98 Å². The first-order chi connectivity index (χ1) is 12.1. The molecule has 3 aromatic rings. The molecular formula is C20H18ClN3O. The maximum Gasteiger partial charge on any atom is 0.128 e. The van der Waals surface area contributed by atoms with Crippen molar-refractivity contribution in [2.24, 2.45) is 0 Å². The fraction of sp³-hybridized carbons (Fsp3) is 0.200. The molecule has 0 aliphatic heterocycles. The highest BCUT2D eigenvalue weighted by molar-refractivity contribution is 6.31. The van der Waals surface area contributed by atoms with Gasteiger partial charge in [0, 0.05) is 16.8 Å². The maximum absolute atomic E-state index is 10.4. The molecule has 0 aliphatic rings. The Morgan fingerprint density at radius 1 is 1.20 bits per heavy atom. The minimum atomic E-state index is -0.573. The molecule has 0 aliphatic carbocycles. The van der Waals surface area contributed by atoms with Crippen LogP contribution >= 0.6 is 11.6 Å². The molecule has 25 heavy (non-hydrogen) atoms. The zero-order valence-electron chi connectivity index (χ0n) is 13.8. The molecule has 126 valence electrons. The Balaban J connectivity index is 1.80. The molecule has 0 radical (unpaired) electrons. The molecule has 4 nitrogen and oxygen atoms in total. The number of pyridine rings is 1. The van der Waals surface area contributed by atoms with Gasteiger partial charge in [0.15, 0.2) is 0 Å². The largest absolute Gasteiger partial charge is 0.391 e. The van der Waals surface area contributed by atoms with Gasteiger partial charge in [-0.3, -0.25) is 0 Å². The lowest BCUT2D eigenvalue weighted by atomic mass is 10.0. The van der Waals surface area contributed by atoms with Crippen molar-refractivity contribution >= 4 is 28.3 Å². The number of hydrogen-bond acceptors (Lipinski definition) is 4. The van der Waals surface area contributed by atoms with Gasteiger partial charge in [-0.15, -0.1) is 0 Å². The van der Waals surface area contributed by atoms with Gasteiger partial charge in [-0.05, 0) is 36.8 Å². The van der Waals surface area contributed by atoms with E-state index in [9.17, 15) is 10.4 Å². The summed E-state index contributed by atoms with van der Waals surface area (Å²) in [6.07, 6.45) is -0.0285. The minimum absolute atomic E-state index is 0.219. The van der Waals surface area contributed by atoms with Crippen molar-refractivity contribution in [1.29, 1.82) is 5.26 Å². The summed E-state index contributed by atoms with van der Waals surface area (Å²) in [6.45, 7) is 1.90. The highest BCUT2D eigenvalue weighted by atomic mass is 35.5. The molecule has 2 aromatic carbocycles. The van der Waals surface area contributed by atoms with Crippen LogP contribution in [0.1, 0.15) is 18.1 Å². The van der Waals surface area contributed by atoms with E-state index in [-0.39, 0.29) is 6.04 Å². The van der Waals surface area contributed by atoms with E-state index in [1.165, 1.54) is 0 Å². The lowest BCUT2D eigenvalue weighted by Gasteiger charge is -2.21. The molecule has 2 N–H and O–H groups in total. The maximum atomic E-state index is 10.4. The number of benzene rings is 2. The average molecular weight is 352 g/mol. The van der Waals surface area contributed by atoms with Crippen LogP contribution in [0.2, 0.25) is 5.02 Å². The Kier molecular flexibility index (Phi) is 5.18. The van der Waals surface area contributed by atoms with E-state index in [2.05, 4.69) is 16.4 Å². The van der Waals surface area contributed by atoms with E-state index in [0.29, 0.717) is 28.3 Å². The zero-order valence-corrected chi connectivity index (χ0v) is 14.5. The molecule has 0 saturated heterocycles. The number of nitrogens with one attached hydrogen (secondary N) is 1. The number of hydrogen-bond donors (Lipinski definition) is 2. The molecule has 2 unspecified atom stereocenters. The Hall–Kier alpha value is -2.61. The van der Waals surface area contributed by atoms with Crippen LogP contribution < -0.4 is 5.32 Å². The zero-order chi connectivity index (χ0) is 17.8. The smallest absolute Gasteiger partial charge is 0.128 e. The Labute approximate surface area is 151 Å². The van der Waals surface area contributed by atoms with Crippen molar-refractivity contribution in [2.75, 3.05) is 5.32 Å². The summed E-state index contributed by atoms with van der Waals surface area (Å²) in [4.78, 5) is 4.52. The number of nitriles is 1. The molecule has 0 amide bonds. The van der Waals surface area contributed by atoms with E-state index >= 15 is 0 Å². The number of anilines is 1. The van der Waals surface area contributed by atoms with Crippen molar-refractivity contribution in [3.8, 4) is 6.07 Å². The quantitative estimate of drug-likeness (QED) is 0.724. The fourth-order valence-corrected chi connectivity index (χ4v) is 2.90. The number of aliphatic hydroxyl groups excluding tert-OH is 1. The number of rotatable bonds is 5. The predicted octanol–water partition coefficient (Wildman–Crippen LogP) is 4.16. The van der Waals surface area contributed by atoms with Crippen LogP contribution in [0, 0.1) is 11.3 Å². The molecule has 0 saturated carbocycles. The van der Waals surface area contributed by atoms with Crippen LogP contribution in [-0.2, 0) is 6.42 Å². The molecule has 0 fully saturated rings. The third-order valence-corrected chi connectivity index (χ3v) is 4.37. The second-order valence-electron chi connectivity index (χ2n) is 6.02. The molecule has 1 heterocycles. The first kappa shape index (κ1) is 17.2. The van der Waals surface area contributed by atoms with Gasteiger partial charge >= 0.3 is 0 Å². The van der Waals surface area contributed by atoms with Crippen molar-refractivity contribution in [3.63, 3.8) is 0 Å². The monoisotopic (exact) mass is 351 g/mol. The van der Waals surface area contributed by atoms with E-state index in [1.807, 2.05) is 37.3 Å². The van der Waals surface area contributed by atoms with Crippen molar-refractivity contribution in [3.05, 3.63) is 70.7 Å². The molecule has 5 heteroatoms. The molecular weight excluding hydrogens is 334 g/mol. The van der Waals surface area contributed by atoms with Gasteiger partial charge in [-0.25, -0.2) is 4.98 Å². The summed E-state index contributed by atoms with van der Waals surface area (Å²) in [6, 6.07) is 18.7. The summed E-state index contributed by atoms with van der Waals surface area (Å²) < 4.78 is 0. The third-order valence-electron chi connectivity index (χ3n) is 4.13. The summed E-state index contributed by atoms with van der Waals surface area (Å²) >= 11 is 6.00. The number of halogens is 1. The number of aliphatic hydroxyl groups is 1. The summed E-state index contributed by atoms with van der Waals surface area (Å²) in [7, 11) is 0. The SMILES string of the molecule is CC(Nc1cc(C#N)c2cc(Cl)ccc2n1)C(O)Cc1ccccc1. The van der Waals surface area contributed by atoms with Gasteiger partial charge in [-0.2, -0.15) is 5.26 Å². The van der Waals surface area contributed by atoms with E-state index < -0.39 is 6.10 Å². The van der Waals surface area contributed by atoms with Gasteiger partial charge in [0.05, 0.1) is 29.3 Å². The second kappa shape index (κ2) is 7.52. The average Bonchev–Trinajstić information content (AvgIpc) is 2.62. The second-order valence-corrected chi connectivity index (χ2v) is 6.45.